The molecular weight excluding hydrogens is 274 g/mol. The average molecular weight is 303 g/mol. The van der Waals surface area contributed by atoms with Crippen LogP contribution in [0.1, 0.15) is 38.5 Å². The molecule has 0 aromatic carbocycles. The fourth-order valence-corrected chi connectivity index (χ4v) is 4.43. The Hall–Kier alpha value is -0.170. The molecule has 0 aromatic heterocycles. The molecule has 118 valence electrons. The van der Waals surface area contributed by atoms with Crippen molar-refractivity contribution < 1.29 is 8.42 Å². The summed E-state index contributed by atoms with van der Waals surface area (Å²) in [5.74, 6) is 0. The summed E-state index contributed by atoms with van der Waals surface area (Å²) >= 11 is 0. The molecule has 6 heteroatoms. The van der Waals surface area contributed by atoms with Crippen molar-refractivity contribution in [2.75, 3.05) is 45.5 Å². The molecule has 1 saturated carbocycles. The van der Waals surface area contributed by atoms with Gasteiger partial charge in [-0.15, -0.1) is 0 Å². The van der Waals surface area contributed by atoms with E-state index >= 15 is 0 Å². The third-order valence-electron chi connectivity index (χ3n) is 4.96. The van der Waals surface area contributed by atoms with E-state index in [0.29, 0.717) is 13.1 Å². The molecule has 0 spiro atoms. The molecule has 20 heavy (non-hydrogen) atoms. The maximum absolute atomic E-state index is 11.5. The predicted octanol–water partition coefficient (Wildman–Crippen LogP) is 0.863. The zero-order valence-electron chi connectivity index (χ0n) is 12.7. The number of nitrogens with zero attached hydrogens (tertiary/aromatic N) is 2. The lowest BCUT2D eigenvalue weighted by Gasteiger charge is -2.40. The third kappa shape index (κ3) is 4.16. The molecule has 2 aliphatic rings. The lowest BCUT2D eigenvalue weighted by Crippen LogP contribution is -2.52. The van der Waals surface area contributed by atoms with E-state index in [9.17, 15) is 8.42 Å². The van der Waals surface area contributed by atoms with Gasteiger partial charge in [0.25, 0.3) is 0 Å². The van der Waals surface area contributed by atoms with Crippen LogP contribution in [0.2, 0.25) is 0 Å². The number of rotatable bonds is 4. The molecule has 2 N–H and O–H groups in total. The Bertz CT molecular complexity index is 395. The molecule has 1 saturated heterocycles. The van der Waals surface area contributed by atoms with Gasteiger partial charge in [-0.1, -0.05) is 25.7 Å². The summed E-state index contributed by atoms with van der Waals surface area (Å²) in [6.07, 6.45) is 9.02. The molecule has 0 radical (unpaired) electrons. The highest BCUT2D eigenvalue weighted by atomic mass is 32.2. The molecule has 0 unspecified atom stereocenters. The Morgan fingerprint density at radius 2 is 1.55 bits per heavy atom. The second-order valence-corrected chi connectivity index (χ2v) is 8.54. The van der Waals surface area contributed by atoms with E-state index in [1.807, 2.05) is 0 Å². The first-order valence-corrected chi connectivity index (χ1v) is 9.68. The molecule has 0 bridgehead atoms. The first-order valence-electron chi connectivity index (χ1n) is 7.83. The van der Waals surface area contributed by atoms with Crippen LogP contribution in [-0.2, 0) is 10.0 Å². The standard InChI is InChI=1S/C14H29N3O2S/c1-20(18,19)17-10-8-16(9-11-17)13-14(12-15)6-4-2-3-5-7-14/h2-13,15H2,1H3. The Labute approximate surface area is 123 Å². The van der Waals surface area contributed by atoms with E-state index < -0.39 is 10.0 Å². The molecule has 0 aromatic rings. The maximum atomic E-state index is 11.5. The van der Waals surface area contributed by atoms with E-state index in [1.54, 1.807) is 4.31 Å². The number of piperazine rings is 1. The van der Waals surface area contributed by atoms with Crippen molar-refractivity contribution >= 4 is 10.0 Å². The minimum absolute atomic E-state index is 0.268. The van der Waals surface area contributed by atoms with Crippen LogP contribution in [0.5, 0.6) is 0 Å². The zero-order chi connectivity index (χ0) is 14.6. The number of nitrogens with two attached hydrogens (primary N) is 1. The van der Waals surface area contributed by atoms with E-state index in [2.05, 4.69) is 4.90 Å². The fraction of sp³-hybridized carbons (Fsp3) is 1.00. The van der Waals surface area contributed by atoms with Crippen LogP contribution in [0.3, 0.4) is 0 Å². The van der Waals surface area contributed by atoms with Crippen molar-refractivity contribution in [2.24, 2.45) is 11.1 Å². The van der Waals surface area contributed by atoms with Gasteiger partial charge >= 0.3 is 0 Å². The van der Waals surface area contributed by atoms with Gasteiger partial charge in [-0.2, -0.15) is 4.31 Å². The fourth-order valence-electron chi connectivity index (χ4n) is 3.60. The van der Waals surface area contributed by atoms with Gasteiger partial charge in [0.15, 0.2) is 0 Å². The Morgan fingerprint density at radius 3 is 2.00 bits per heavy atom. The van der Waals surface area contributed by atoms with E-state index in [4.69, 9.17) is 5.73 Å². The average Bonchev–Trinajstić information content (AvgIpc) is 2.64. The highest BCUT2D eigenvalue weighted by molar-refractivity contribution is 7.88. The van der Waals surface area contributed by atoms with Gasteiger partial charge in [0.2, 0.25) is 10.0 Å². The van der Waals surface area contributed by atoms with Crippen molar-refractivity contribution in [3.8, 4) is 0 Å². The van der Waals surface area contributed by atoms with Crippen LogP contribution in [0.4, 0.5) is 0 Å². The van der Waals surface area contributed by atoms with Crippen LogP contribution in [0.25, 0.3) is 0 Å². The smallest absolute Gasteiger partial charge is 0.211 e. The summed E-state index contributed by atoms with van der Waals surface area (Å²) in [6, 6.07) is 0. The first-order chi connectivity index (χ1) is 9.45. The summed E-state index contributed by atoms with van der Waals surface area (Å²) in [6.45, 7) is 4.74. The van der Waals surface area contributed by atoms with E-state index in [1.165, 1.54) is 44.8 Å². The lowest BCUT2D eigenvalue weighted by atomic mass is 9.80. The summed E-state index contributed by atoms with van der Waals surface area (Å²) in [4.78, 5) is 2.42. The van der Waals surface area contributed by atoms with E-state index in [-0.39, 0.29) is 5.41 Å². The van der Waals surface area contributed by atoms with Crippen LogP contribution in [0.15, 0.2) is 0 Å². The van der Waals surface area contributed by atoms with Crippen LogP contribution in [-0.4, -0.2) is 63.1 Å². The highest BCUT2D eigenvalue weighted by Gasteiger charge is 2.33. The number of sulfonamides is 1. The number of hydrogen-bond acceptors (Lipinski definition) is 4. The molecule has 2 rings (SSSR count). The molecule has 0 atom stereocenters. The predicted molar refractivity (Wildman–Crippen MR) is 82.0 cm³/mol. The summed E-state index contributed by atoms with van der Waals surface area (Å²) in [5.41, 5.74) is 6.36. The second-order valence-electron chi connectivity index (χ2n) is 6.56. The second kappa shape index (κ2) is 6.73. The van der Waals surface area contributed by atoms with Gasteiger partial charge in [0.1, 0.15) is 0 Å². The van der Waals surface area contributed by atoms with Gasteiger partial charge in [-0.05, 0) is 24.8 Å². The quantitative estimate of drug-likeness (QED) is 0.782. The molecule has 1 aliphatic heterocycles. The minimum Gasteiger partial charge on any atom is -0.330 e. The van der Waals surface area contributed by atoms with Gasteiger partial charge in [0, 0.05) is 32.7 Å². The Morgan fingerprint density at radius 1 is 1.00 bits per heavy atom. The molecule has 5 nitrogen and oxygen atoms in total. The SMILES string of the molecule is CS(=O)(=O)N1CCN(CC2(CN)CCCCCC2)CC1. The summed E-state index contributed by atoms with van der Waals surface area (Å²) in [7, 11) is -3.03. The molecule has 0 amide bonds. The Balaban J connectivity index is 1.90. The Kier molecular flexibility index (Phi) is 5.45. The van der Waals surface area contributed by atoms with Gasteiger partial charge in [0.05, 0.1) is 6.26 Å². The van der Waals surface area contributed by atoms with Gasteiger partial charge < -0.3 is 10.6 Å². The summed E-state index contributed by atoms with van der Waals surface area (Å²) < 4.78 is 24.7. The molecule has 1 aliphatic carbocycles. The van der Waals surface area contributed by atoms with Crippen molar-refractivity contribution in [1.29, 1.82) is 0 Å². The monoisotopic (exact) mass is 303 g/mol. The minimum atomic E-state index is -3.03. The molecular formula is C14H29N3O2S. The van der Waals surface area contributed by atoms with Crippen molar-refractivity contribution in [1.82, 2.24) is 9.21 Å². The van der Waals surface area contributed by atoms with Crippen molar-refractivity contribution in [3.05, 3.63) is 0 Å². The third-order valence-corrected chi connectivity index (χ3v) is 6.26. The van der Waals surface area contributed by atoms with Crippen molar-refractivity contribution in [3.63, 3.8) is 0 Å². The number of hydrogen-bond donors (Lipinski definition) is 1. The largest absolute Gasteiger partial charge is 0.330 e. The van der Waals surface area contributed by atoms with Crippen molar-refractivity contribution in [2.45, 2.75) is 38.5 Å². The van der Waals surface area contributed by atoms with Crippen LogP contribution >= 0.6 is 0 Å². The van der Waals surface area contributed by atoms with E-state index in [0.717, 1.165) is 26.2 Å². The zero-order valence-corrected chi connectivity index (χ0v) is 13.5. The molecule has 1 heterocycles. The van der Waals surface area contributed by atoms with Gasteiger partial charge in [-0.3, -0.25) is 0 Å². The van der Waals surface area contributed by atoms with Crippen LogP contribution in [0, 0.1) is 5.41 Å². The lowest BCUT2D eigenvalue weighted by molar-refractivity contribution is 0.105. The molecule has 2 fully saturated rings. The summed E-state index contributed by atoms with van der Waals surface area (Å²) in [5, 5.41) is 0. The topological polar surface area (TPSA) is 66.6 Å². The first kappa shape index (κ1) is 16.2. The normalized spacial score (nSPS) is 26.3. The maximum Gasteiger partial charge on any atom is 0.211 e. The van der Waals surface area contributed by atoms with Gasteiger partial charge in [-0.25, -0.2) is 8.42 Å². The van der Waals surface area contributed by atoms with Crippen LogP contribution < -0.4 is 5.73 Å². The highest BCUT2D eigenvalue weighted by Crippen LogP contribution is 2.35.